The van der Waals surface area contributed by atoms with Crippen LogP contribution in [0, 0.1) is 5.92 Å². The molecule has 2 amide bonds. The van der Waals surface area contributed by atoms with Gasteiger partial charge >= 0.3 is 12.1 Å². The van der Waals surface area contributed by atoms with Crippen LogP contribution >= 0.6 is 0 Å². The first-order valence-electron chi connectivity index (χ1n) is 10.1. The molecule has 1 aliphatic heterocycles. The van der Waals surface area contributed by atoms with Crippen LogP contribution in [0.4, 0.5) is 10.5 Å². The van der Waals surface area contributed by atoms with Crippen LogP contribution in [-0.2, 0) is 19.1 Å². The number of ether oxygens (including phenoxy) is 2. The Morgan fingerprint density at radius 2 is 1.63 bits per heavy atom. The zero-order valence-corrected chi connectivity index (χ0v) is 18.2. The van der Waals surface area contributed by atoms with Crippen molar-refractivity contribution in [2.75, 3.05) is 18.4 Å². The zero-order valence-electron chi connectivity index (χ0n) is 18.2. The number of anilines is 1. The third-order valence-corrected chi connectivity index (χ3v) is 4.70. The Labute approximate surface area is 176 Å². The summed E-state index contributed by atoms with van der Waals surface area (Å²) in [5.41, 5.74) is 0.492. The van der Waals surface area contributed by atoms with Gasteiger partial charge in [0, 0.05) is 24.3 Å². The summed E-state index contributed by atoms with van der Waals surface area (Å²) in [5, 5.41) is 2.66. The molecule has 1 saturated heterocycles. The van der Waals surface area contributed by atoms with Crippen LogP contribution in [0.2, 0.25) is 0 Å². The molecule has 0 bridgehead atoms. The van der Waals surface area contributed by atoms with Crippen LogP contribution < -0.4 is 5.32 Å². The fourth-order valence-corrected chi connectivity index (χ4v) is 2.98. The first-order valence-corrected chi connectivity index (χ1v) is 10.1. The van der Waals surface area contributed by atoms with Crippen molar-refractivity contribution in [3.05, 3.63) is 29.8 Å². The fourth-order valence-electron chi connectivity index (χ4n) is 2.98. The van der Waals surface area contributed by atoms with Crippen LogP contribution in [0.25, 0.3) is 0 Å². The molecule has 0 aliphatic carbocycles. The molecule has 30 heavy (non-hydrogen) atoms. The standard InChI is InChI=1S/C22H30N2O6/c1-14(25)16-6-8-18(9-7-16)23-19(26)15(2)29-20(27)17-10-12-24(13-11-17)21(28)30-22(3,4)5/h6-9,15,17H,10-13H2,1-5H3,(H,23,26). The highest BCUT2D eigenvalue weighted by molar-refractivity contribution is 5.97. The molecule has 1 N–H and O–H groups in total. The Morgan fingerprint density at radius 1 is 1.07 bits per heavy atom. The third-order valence-electron chi connectivity index (χ3n) is 4.70. The molecule has 1 fully saturated rings. The van der Waals surface area contributed by atoms with Crippen LogP contribution in [0.5, 0.6) is 0 Å². The number of hydrogen-bond donors (Lipinski definition) is 1. The minimum Gasteiger partial charge on any atom is -0.452 e. The molecule has 0 spiro atoms. The first kappa shape index (κ1) is 23.4. The third kappa shape index (κ3) is 6.86. The number of hydrogen-bond acceptors (Lipinski definition) is 6. The van der Waals surface area contributed by atoms with Crippen molar-refractivity contribution >= 4 is 29.4 Å². The zero-order chi connectivity index (χ0) is 22.5. The summed E-state index contributed by atoms with van der Waals surface area (Å²) in [7, 11) is 0. The second-order valence-electron chi connectivity index (χ2n) is 8.44. The van der Waals surface area contributed by atoms with E-state index in [0.717, 1.165) is 0 Å². The summed E-state index contributed by atoms with van der Waals surface area (Å²) in [5.74, 6) is -1.33. The number of ketones is 1. The van der Waals surface area contributed by atoms with Crippen molar-refractivity contribution < 1.29 is 28.7 Å². The van der Waals surface area contributed by atoms with Crippen LogP contribution in [0.1, 0.15) is 57.8 Å². The van der Waals surface area contributed by atoms with E-state index in [1.165, 1.54) is 13.8 Å². The summed E-state index contributed by atoms with van der Waals surface area (Å²) in [6, 6.07) is 6.48. The topological polar surface area (TPSA) is 102 Å². The Kier molecular flexibility index (Phi) is 7.59. The van der Waals surface area contributed by atoms with Gasteiger partial charge in [0.15, 0.2) is 11.9 Å². The molecule has 2 rings (SSSR count). The number of Topliss-reactive ketones (excluding diaryl/α,β-unsaturated/α-hetero) is 1. The lowest BCUT2D eigenvalue weighted by Gasteiger charge is -2.32. The number of esters is 1. The molecule has 0 aromatic heterocycles. The van der Waals surface area contributed by atoms with E-state index >= 15 is 0 Å². The van der Waals surface area contributed by atoms with Gasteiger partial charge in [-0.25, -0.2) is 4.79 Å². The molecule has 0 radical (unpaired) electrons. The molecule has 1 unspecified atom stereocenters. The van der Waals surface area contributed by atoms with E-state index in [1.54, 1.807) is 49.9 Å². The van der Waals surface area contributed by atoms with E-state index < -0.39 is 29.7 Å². The van der Waals surface area contributed by atoms with Crippen molar-refractivity contribution in [1.82, 2.24) is 4.90 Å². The lowest BCUT2D eigenvalue weighted by atomic mass is 9.97. The van der Waals surface area contributed by atoms with Gasteiger partial charge in [0.2, 0.25) is 0 Å². The highest BCUT2D eigenvalue weighted by atomic mass is 16.6. The highest BCUT2D eigenvalue weighted by Crippen LogP contribution is 2.21. The molecular weight excluding hydrogens is 388 g/mol. The van der Waals surface area contributed by atoms with E-state index in [2.05, 4.69) is 5.32 Å². The van der Waals surface area contributed by atoms with E-state index in [1.807, 2.05) is 0 Å². The monoisotopic (exact) mass is 418 g/mol. The minimum atomic E-state index is -0.964. The van der Waals surface area contributed by atoms with Gasteiger partial charge in [-0.3, -0.25) is 14.4 Å². The van der Waals surface area contributed by atoms with Gasteiger partial charge in [-0.05, 0) is 71.7 Å². The quantitative estimate of drug-likeness (QED) is 0.581. The number of nitrogens with one attached hydrogen (secondary N) is 1. The van der Waals surface area contributed by atoms with Gasteiger partial charge in [-0.2, -0.15) is 0 Å². The van der Waals surface area contributed by atoms with Crippen molar-refractivity contribution in [3.8, 4) is 0 Å². The lowest BCUT2D eigenvalue weighted by Crippen LogP contribution is -2.43. The summed E-state index contributed by atoms with van der Waals surface area (Å²) in [6.45, 7) is 9.19. The first-order chi connectivity index (χ1) is 14.0. The smallest absolute Gasteiger partial charge is 0.410 e. The number of amides is 2. The average Bonchev–Trinajstić information content (AvgIpc) is 2.67. The van der Waals surface area contributed by atoms with E-state index in [-0.39, 0.29) is 11.7 Å². The molecule has 0 saturated carbocycles. The molecule has 164 valence electrons. The number of carbonyl (C=O) groups excluding carboxylic acids is 4. The van der Waals surface area contributed by atoms with Gasteiger partial charge in [0.05, 0.1) is 5.92 Å². The molecule has 1 atom stereocenters. The number of carbonyl (C=O) groups is 4. The predicted molar refractivity (Wildman–Crippen MR) is 111 cm³/mol. The molecule has 1 heterocycles. The molecular formula is C22H30N2O6. The summed E-state index contributed by atoms with van der Waals surface area (Å²) in [4.78, 5) is 49.7. The van der Waals surface area contributed by atoms with Gasteiger partial charge in [-0.1, -0.05) is 0 Å². The van der Waals surface area contributed by atoms with Crippen LogP contribution in [-0.4, -0.2) is 53.4 Å². The number of nitrogens with zero attached hydrogens (tertiary/aromatic N) is 1. The Morgan fingerprint density at radius 3 is 2.13 bits per heavy atom. The van der Waals surface area contributed by atoms with Gasteiger partial charge < -0.3 is 19.7 Å². The molecule has 1 aromatic rings. The Bertz CT molecular complexity index is 789. The maximum absolute atomic E-state index is 12.4. The largest absolute Gasteiger partial charge is 0.452 e. The van der Waals surface area contributed by atoms with E-state index in [9.17, 15) is 19.2 Å². The Balaban J connectivity index is 1.80. The fraction of sp³-hybridized carbons (Fsp3) is 0.545. The number of rotatable bonds is 5. The normalized spacial score (nSPS) is 15.8. The SMILES string of the molecule is CC(=O)c1ccc(NC(=O)C(C)OC(=O)C2CCN(C(=O)OC(C)(C)C)CC2)cc1. The summed E-state index contributed by atoms with van der Waals surface area (Å²) in [6.07, 6.45) is -0.440. The van der Waals surface area contributed by atoms with E-state index in [4.69, 9.17) is 9.47 Å². The predicted octanol–water partition coefficient (Wildman–Crippen LogP) is 3.41. The summed E-state index contributed by atoms with van der Waals surface area (Å²) < 4.78 is 10.7. The number of benzene rings is 1. The minimum absolute atomic E-state index is 0.0621. The molecule has 1 aliphatic rings. The molecule has 8 nitrogen and oxygen atoms in total. The lowest BCUT2D eigenvalue weighted by molar-refractivity contribution is -0.158. The average molecular weight is 418 g/mol. The summed E-state index contributed by atoms with van der Waals surface area (Å²) >= 11 is 0. The number of piperidine rings is 1. The van der Waals surface area contributed by atoms with Gasteiger partial charge in [0.25, 0.3) is 5.91 Å². The van der Waals surface area contributed by atoms with E-state index in [0.29, 0.717) is 37.2 Å². The number of likely N-dealkylation sites (tertiary alicyclic amines) is 1. The van der Waals surface area contributed by atoms with Crippen LogP contribution in [0.3, 0.4) is 0 Å². The Hall–Kier alpha value is -2.90. The molecule has 8 heteroatoms. The maximum Gasteiger partial charge on any atom is 0.410 e. The van der Waals surface area contributed by atoms with Gasteiger partial charge in [-0.15, -0.1) is 0 Å². The van der Waals surface area contributed by atoms with Crippen molar-refractivity contribution in [3.63, 3.8) is 0 Å². The molecule has 1 aromatic carbocycles. The van der Waals surface area contributed by atoms with Crippen molar-refractivity contribution in [1.29, 1.82) is 0 Å². The maximum atomic E-state index is 12.4. The van der Waals surface area contributed by atoms with Gasteiger partial charge in [0.1, 0.15) is 5.60 Å². The van der Waals surface area contributed by atoms with Crippen molar-refractivity contribution in [2.24, 2.45) is 5.92 Å². The second-order valence-corrected chi connectivity index (χ2v) is 8.44. The van der Waals surface area contributed by atoms with Crippen molar-refractivity contribution in [2.45, 2.75) is 59.2 Å². The highest BCUT2D eigenvalue weighted by Gasteiger charge is 2.32. The van der Waals surface area contributed by atoms with Crippen LogP contribution in [0.15, 0.2) is 24.3 Å². The second kappa shape index (κ2) is 9.73.